The fourth-order valence-corrected chi connectivity index (χ4v) is 4.47. The van der Waals surface area contributed by atoms with Crippen molar-refractivity contribution in [2.45, 2.75) is 33.4 Å². The Morgan fingerprint density at radius 2 is 1.87 bits per heavy atom. The Morgan fingerprint density at radius 3 is 2.55 bits per heavy atom. The number of rotatable bonds is 4. The second-order valence-corrected chi connectivity index (χ2v) is 8.16. The number of hydrogen-bond acceptors (Lipinski definition) is 4. The van der Waals surface area contributed by atoms with E-state index in [9.17, 15) is 9.90 Å². The van der Waals surface area contributed by atoms with E-state index >= 15 is 0 Å². The maximum absolute atomic E-state index is 13.4. The molecule has 0 spiro atoms. The van der Waals surface area contributed by atoms with Gasteiger partial charge in [0.2, 0.25) is 0 Å². The third-order valence-corrected chi connectivity index (χ3v) is 5.86. The number of benzene rings is 2. The molecule has 1 amide bonds. The van der Waals surface area contributed by atoms with Gasteiger partial charge in [-0.1, -0.05) is 35.9 Å². The summed E-state index contributed by atoms with van der Waals surface area (Å²) < 4.78 is 5.53. The summed E-state index contributed by atoms with van der Waals surface area (Å²) in [4.78, 5) is 15.2. The molecule has 0 fully saturated rings. The molecule has 0 bridgehead atoms. The number of aromatic nitrogens is 2. The maximum atomic E-state index is 13.4. The summed E-state index contributed by atoms with van der Waals surface area (Å²) in [5.74, 6) is 0.728. The van der Waals surface area contributed by atoms with Gasteiger partial charge in [-0.15, -0.1) is 0 Å². The van der Waals surface area contributed by atoms with Crippen LogP contribution in [0.4, 0.5) is 0 Å². The fourth-order valence-electron chi connectivity index (χ4n) is 4.47. The molecule has 0 aliphatic carbocycles. The van der Waals surface area contributed by atoms with Gasteiger partial charge in [-0.2, -0.15) is 5.10 Å². The van der Waals surface area contributed by atoms with Gasteiger partial charge in [-0.25, -0.2) is 0 Å². The van der Waals surface area contributed by atoms with Crippen LogP contribution in [0.2, 0.25) is 0 Å². The van der Waals surface area contributed by atoms with Crippen LogP contribution in [0.25, 0.3) is 11.3 Å². The van der Waals surface area contributed by atoms with E-state index in [1.54, 1.807) is 17.2 Å². The predicted molar refractivity (Wildman–Crippen MR) is 117 cm³/mol. The number of furan rings is 1. The number of aromatic amines is 1. The van der Waals surface area contributed by atoms with E-state index in [-0.39, 0.29) is 17.7 Å². The number of carbonyl (C=O) groups is 1. The Balaban J connectivity index is 1.70. The number of fused-ring (bicyclic) bond motifs is 1. The Labute approximate surface area is 180 Å². The molecule has 0 saturated heterocycles. The van der Waals surface area contributed by atoms with Gasteiger partial charge in [0.1, 0.15) is 22.9 Å². The maximum Gasteiger partial charge on any atom is 0.273 e. The highest BCUT2D eigenvalue weighted by Gasteiger charge is 2.43. The first-order valence-corrected chi connectivity index (χ1v) is 10.2. The lowest BCUT2D eigenvalue weighted by molar-refractivity contribution is 0.0717. The van der Waals surface area contributed by atoms with Gasteiger partial charge < -0.3 is 14.4 Å². The summed E-state index contributed by atoms with van der Waals surface area (Å²) in [6, 6.07) is 15.2. The topological polar surface area (TPSA) is 82.4 Å². The number of nitrogens with zero attached hydrogens (tertiary/aromatic N) is 2. The third-order valence-electron chi connectivity index (χ3n) is 5.86. The van der Waals surface area contributed by atoms with Crippen molar-refractivity contribution in [1.82, 2.24) is 15.1 Å². The van der Waals surface area contributed by atoms with Crippen molar-refractivity contribution < 1.29 is 14.3 Å². The largest absolute Gasteiger partial charge is 0.507 e. The molecule has 3 heterocycles. The van der Waals surface area contributed by atoms with Crippen LogP contribution in [0, 0.1) is 20.8 Å². The van der Waals surface area contributed by atoms with Gasteiger partial charge in [-0.05, 0) is 55.7 Å². The monoisotopic (exact) mass is 413 g/mol. The average Bonchev–Trinajstić information content (AvgIpc) is 3.43. The first kappa shape index (κ1) is 19.2. The highest BCUT2D eigenvalue weighted by molar-refractivity contribution is 6.00. The number of phenols is 1. The third kappa shape index (κ3) is 3.11. The number of carbonyl (C=O) groups excluding carboxylic acids is 1. The lowest BCUT2D eigenvalue weighted by atomic mass is 9.93. The zero-order chi connectivity index (χ0) is 21.7. The van der Waals surface area contributed by atoms with E-state index in [1.807, 2.05) is 63.2 Å². The zero-order valence-corrected chi connectivity index (χ0v) is 17.6. The summed E-state index contributed by atoms with van der Waals surface area (Å²) in [6.45, 7) is 6.26. The van der Waals surface area contributed by atoms with Crippen molar-refractivity contribution >= 4 is 5.91 Å². The summed E-state index contributed by atoms with van der Waals surface area (Å²) in [5, 5.41) is 18.2. The Hall–Kier alpha value is -3.80. The number of nitrogens with one attached hydrogen (secondary N) is 1. The number of hydrogen-bond donors (Lipinski definition) is 2. The van der Waals surface area contributed by atoms with Crippen LogP contribution in [0.15, 0.2) is 59.2 Å². The average molecular weight is 413 g/mol. The zero-order valence-electron chi connectivity index (χ0n) is 17.6. The highest BCUT2D eigenvalue weighted by atomic mass is 16.3. The predicted octanol–water partition coefficient (Wildman–Crippen LogP) is 5.05. The lowest BCUT2D eigenvalue weighted by Gasteiger charge is -2.26. The smallest absolute Gasteiger partial charge is 0.273 e. The summed E-state index contributed by atoms with van der Waals surface area (Å²) in [5.41, 5.74) is 6.48. The number of H-pyrrole nitrogens is 1. The SMILES string of the molecule is Cc1ccc(C2c3c(-c4c(C)cc(C)cc4O)n[nH]c3C(=O)N2Cc2ccco2)cc1. The van der Waals surface area contributed by atoms with Crippen molar-refractivity contribution in [3.63, 3.8) is 0 Å². The minimum absolute atomic E-state index is 0.139. The summed E-state index contributed by atoms with van der Waals surface area (Å²) in [7, 11) is 0. The van der Waals surface area contributed by atoms with Gasteiger partial charge in [0.15, 0.2) is 0 Å². The fraction of sp³-hybridized carbons (Fsp3) is 0.200. The molecule has 1 aliphatic heterocycles. The van der Waals surface area contributed by atoms with Gasteiger partial charge in [-0.3, -0.25) is 9.89 Å². The molecule has 4 aromatic rings. The van der Waals surface area contributed by atoms with Crippen molar-refractivity contribution in [3.05, 3.63) is 94.1 Å². The molecule has 5 rings (SSSR count). The molecule has 2 aromatic carbocycles. The van der Waals surface area contributed by atoms with Crippen molar-refractivity contribution in [1.29, 1.82) is 0 Å². The Bertz CT molecular complexity index is 1250. The molecule has 0 saturated carbocycles. The van der Waals surface area contributed by atoms with Gasteiger partial charge in [0.25, 0.3) is 5.91 Å². The van der Waals surface area contributed by atoms with Crippen LogP contribution < -0.4 is 0 Å². The van der Waals surface area contributed by atoms with Crippen molar-refractivity contribution in [2.75, 3.05) is 0 Å². The van der Waals surface area contributed by atoms with Crippen LogP contribution in [0.1, 0.15) is 50.1 Å². The minimum Gasteiger partial charge on any atom is -0.507 e. The van der Waals surface area contributed by atoms with Crippen LogP contribution in [-0.4, -0.2) is 26.1 Å². The summed E-state index contributed by atoms with van der Waals surface area (Å²) >= 11 is 0. The van der Waals surface area contributed by atoms with Crippen molar-refractivity contribution in [2.24, 2.45) is 0 Å². The number of aromatic hydroxyl groups is 1. The number of aryl methyl sites for hydroxylation is 3. The quantitative estimate of drug-likeness (QED) is 0.491. The first-order chi connectivity index (χ1) is 14.9. The molecule has 6 nitrogen and oxygen atoms in total. The van der Waals surface area contributed by atoms with E-state index in [2.05, 4.69) is 10.2 Å². The Morgan fingerprint density at radius 1 is 1.10 bits per heavy atom. The van der Waals surface area contributed by atoms with E-state index in [0.29, 0.717) is 29.3 Å². The minimum atomic E-state index is -0.345. The van der Waals surface area contributed by atoms with Crippen LogP contribution in [-0.2, 0) is 6.54 Å². The molecular formula is C25H23N3O3. The van der Waals surface area contributed by atoms with Gasteiger partial charge in [0, 0.05) is 11.1 Å². The molecule has 2 aromatic heterocycles. The Kier molecular flexibility index (Phi) is 4.43. The number of amides is 1. The van der Waals surface area contributed by atoms with Crippen LogP contribution >= 0.6 is 0 Å². The highest BCUT2D eigenvalue weighted by Crippen LogP contribution is 2.46. The first-order valence-electron chi connectivity index (χ1n) is 10.2. The molecular weight excluding hydrogens is 390 g/mol. The van der Waals surface area contributed by atoms with Crippen LogP contribution in [0.5, 0.6) is 5.75 Å². The van der Waals surface area contributed by atoms with E-state index in [1.165, 1.54) is 0 Å². The molecule has 0 radical (unpaired) electrons. The lowest BCUT2D eigenvalue weighted by Crippen LogP contribution is -2.29. The molecule has 1 atom stereocenters. The van der Waals surface area contributed by atoms with E-state index in [0.717, 1.165) is 27.8 Å². The molecule has 1 unspecified atom stereocenters. The standard InChI is InChI=1S/C25H23N3O3/c1-14-6-8-17(9-7-14)24-21-22(20-16(3)11-15(2)12-19(20)29)26-27-23(21)25(30)28(24)13-18-5-4-10-31-18/h4-12,24,29H,13H2,1-3H3,(H,26,27). The second-order valence-electron chi connectivity index (χ2n) is 8.16. The van der Waals surface area contributed by atoms with Gasteiger partial charge in [0.05, 0.1) is 18.8 Å². The molecule has 31 heavy (non-hydrogen) atoms. The second kappa shape index (κ2) is 7.16. The molecule has 6 heteroatoms. The van der Waals surface area contributed by atoms with Gasteiger partial charge >= 0.3 is 0 Å². The van der Waals surface area contributed by atoms with E-state index in [4.69, 9.17) is 4.42 Å². The molecule has 2 N–H and O–H groups in total. The molecule has 1 aliphatic rings. The molecule has 156 valence electrons. The van der Waals surface area contributed by atoms with Crippen LogP contribution in [0.3, 0.4) is 0 Å². The van der Waals surface area contributed by atoms with Crippen molar-refractivity contribution in [3.8, 4) is 17.0 Å². The normalized spacial score (nSPS) is 15.5. The van der Waals surface area contributed by atoms with E-state index < -0.39 is 0 Å². The number of phenolic OH excluding ortho intramolecular Hbond substituents is 1. The summed E-state index contributed by atoms with van der Waals surface area (Å²) in [6.07, 6.45) is 1.61.